The number of nitrogens with zero attached hydrogens (tertiary/aromatic N) is 2. The summed E-state index contributed by atoms with van der Waals surface area (Å²) in [6, 6.07) is 82.8. The number of fused-ring (bicyclic) bond motifs is 16. The summed E-state index contributed by atoms with van der Waals surface area (Å²) >= 11 is 0. The van der Waals surface area contributed by atoms with Gasteiger partial charge in [0.25, 0.3) is 0 Å². The lowest BCUT2D eigenvalue weighted by molar-refractivity contribution is 0.360. The highest BCUT2D eigenvalue weighted by Gasteiger charge is 2.53. The number of hydrogen-bond acceptors (Lipinski definition) is 3. The molecule has 0 fully saturated rings. The quantitative estimate of drug-likeness (QED) is 0.173. The summed E-state index contributed by atoms with van der Waals surface area (Å²) in [4.78, 5) is 2.29. The molecule has 0 unspecified atom stereocenters. The van der Waals surface area contributed by atoms with E-state index in [9.17, 15) is 0 Å². The van der Waals surface area contributed by atoms with Crippen LogP contribution in [0, 0.1) is 0 Å². The van der Waals surface area contributed by atoms with Crippen molar-refractivity contribution in [1.29, 1.82) is 0 Å². The zero-order chi connectivity index (χ0) is 42.6. The molecule has 0 saturated heterocycles. The smallest absolute Gasteiger partial charge is 0.178 e. The highest BCUT2D eigenvalue weighted by Crippen LogP contribution is 2.66. The first-order valence-electron chi connectivity index (χ1n) is 22.2. The second-order valence-corrected chi connectivity index (χ2v) is 17.2. The summed E-state index contributed by atoms with van der Waals surface area (Å²) in [5, 5.41) is 2.52. The van der Waals surface area contributed by atoms with Gasteiger partial charge in [-0.3, -0.25) is 0 Å². The van der Waals surface area contributed by atoms with E-state index in [0.29, 0.717) is 17.2 Å². The first-order valence-corrected chi connectivity index (χ1v) is 22.2. The zero-order valence-corrected chi connectivity index (χ0v) is 35.2. The molecule has 0 radical (unpaired) electrons. The predicted molar refractivity (Wildman–Crippen MR) is 264 cm³/mol. The Labute approximate surface area is 376 Å². The molecule has 0 saturated carbocycles. The van der Waals surface area contributed by atoms with Crippen molar-refractivity contribution in [2.75, 3.05) is 4.90 Å². The maximum absolute atomic E-state index is 7.15. The summed E-state index contributed by atoms with van der Waals surface area (Å²) in [6.07, 6.45) is 0. The minimum atomic E-state index is -0.472. The van der Waals surface area contributed by atoms with Crippen molar-refractivity contribution in [2.24, 2.45) is 0 Å². The molecule has 1 aromatic heterocycles. The topological polar surface area (TPSA) is 26.6 Å². The van der Waals surface area contributed by atoms with Crippen LogP contribution in [0.1, 0.15) is 22.3 Å². The van der Waals surface area contributed by atoms with Crippen LogP contribution in [0.3, 0.4) is 0 Å². The number of anilines is 3. The molecule has 2 aliphatic carbocycles. The van der Waals surface area contributed by atoms with Crippen molar-refractivity contribution in [3.63, 3.8) is 0 Å². The fourth-order valence-corrected chi connectivity index (χ4v) is 11.2. The van der Waals surface area contributed by atoms with Crippen molar-refractivity contribution in [1.82, 2.24) is 4.57 Å². The van der Waals surface area contributed by atoms with E-state index in [1.807, 2.05) is 6.07 Å². The van der Waals surface area contributed by atoms with Gasteiger partial charge in [0.1, 0.15) is 0 Å². The highest BCUT2D eigenvalue weighted by molar-refractivity contribution is 6.09. The third-order valence-corrected chi connectivity index (χ3v) is 13.9. The van der Waals surface area contributed by atoms with E-state index >= 15 is 0 Å². The fourth-order valence-electron chi connectivity index (χ4n) is 11.2. The van der Waals surface area contributed by atoms with Crippen LogP contribution in [0.5, 0.6) is 23.0 Å². The van der Waals surface area contributed by atoms with Crippen LogP contribution in [0.15, 0.2) is 231 Å². The Hall–Kier alpha value is -8.60. The molecule has 11 aromatic rings. The zero-order valence-electron chi connectivity index (χ0n) is 35.2. The lowest BCUT2D eigenvalue weighted by Crippen LogP contribution is -2.25. The Morgan fingerprint density at radius 1 is 0.354 bits per heavy atom. The molecule has 1 spiro atoms. The Morgan fingerprint density at radius 2 is 0.923 bits per heavy atom. The van der Waals surface area contributed by atoms with Crippen molar-refractivity contribution in [3.8, 4) is 62.1 Å². The van der Waals surface area contributed by atoms with Gasteiger partial charge in [-0.2, -0.15) is 0 Å². The second kappa shape index (κ2) is 13.7. The number of hydrogen-bond donors (Lipinski definition) is 0. The average Bonchev–Trinajstić information content (AvgIpc) is 3.98. The molecule has 0 bridgehead atoms. The SMILES string of the molecule is c1ccc(N(c2cccc(-c3ccc(-n4c5ccccc5c5ccccc54)cc3)c2)c2ccc3c(c2)Oc2c(ccc4c2-c2ccccc2C42c4ccccc4-c4ccccc42)O3)cc1. The van der Waals surface area contributed by atoms with Crippen LogP contribution >= 0.6 is 0 Å². The molecular weight excluding hydrogens is 793 g/mol. The van der Waals surface area contributed by atoms with E-state index in [0.717, 1.165) is 45.2 Å². The van der Waals surface area contributed by atoms with Gasteiger partial charge in [-0.25, -0.2) is 0 Å². The molecule has 3 aliphatic rings. The number of aromatic nitrogens is 1. The first kappa shape index (κ1) is 35.9. The minimum absolute atomic E-state index is 0.472. The van der Waals surface area contributed by atoms with Gasteiger partial charge in [-0.1, -0.05) is 158 Å². The number of ether oxygens (including phenoxy) is 2. The Kier molecular flexibility index (Phi) is 7.57. The van der Waals surface area contributed by atoms with E-state index < -0.39 is 5.41 Å². The fraction of sp³-hybridized carbons (Fsp3) is 0.0164. The summed E-state index contributed by atoms with van der Waals surface area (Å²) in [5.41, 5.74) is 18.2. The highest BCUT2D eigenvalue weighted by atomic mass is 16.6. The molecule has 304 valence electrons. The van der Waals surface area contributed by atoms with Crippen LogP contribution in [-0.2, 0) is 5.41 Å². The molecule has 14 rings (SSSR count). The Morgan fingerprint density at radius 3 is 1.63 bits per heavy atom. The van der Waals surface area contributed by atoms with Gasteiger partial charge < -0.3 is 18.9 Å². The minimum Gasteiger partial charge on any atom is -0.449 e. The average molecular weight is 831 g/mol. The molecule has 65 heavy (non-hydrogen) atoms. The van der Waals surface area contributed by atoms with Crippen molar-refractivity contribution in [3.05, 3.63) is 253 Å². The molecule has 0 amide bonds. The van der Waals surface area contributed by atoms with Gasteiger partial charge >= 0.3 is 0 Å². The van der Waals surface area contributed by atoms with Gasteiger partial charge in [-0.05, 0) is 117 Å². The lowest BCUT2D eigenvalue weighted by atomic mass is 9.70. The molecule has 2 heterocycles. The molecule has 4 heteroatoms. The normalized spacial score (nSPS) is 13.3. The monoisotopic (exact) mass is 830 g/mol. The lowest BCUT2D eigenvalue weighted by Gasteiger charge is -2.31. The van der Waals surface area contributed by atoms with Gasteiger partial charge in [-0.15, -0.1) is 0 Å². The Bertz CT molecular complexity index is 3640. The van der Waals surface area contributed by atoms with E-state index in [1.54, 1.807) is 0 Å². The number of benzene rings is 10. The third kappa shape index (κ3) is 5.08. The summed E-state index contributed by atoms with van der Waals surface area (Å²) in [7, 11) is 0. The first-order chi connectivity index (χ1) is 32.2. The second-order valence-electron chi connectivity index (χ2n) is 17.2. The predicted octanol–water partition coefficient (Wildman–Crippen LogP) is 16.2. The third-order valence-electron chi connectivity index (χ3n) is 13.9. The molecule has 0 atom stereocenters. The summed E-state index contributed by atoms with van der Waals surface area (Å²) in [5.74, 6) is 2.82. The van der Waals surface area contributed by atoms with Gasteiger partial charge in [0.15, 0.2) is 23.0 Å². The van der Waals surface area contributed by atoms with Crippen molar-refractivity contribution < 1.29 is 9.47 Å². The number of rotatable bonds is 5. The molecule has 10 aromatic carbocycles. The van der Waals surface area contributed by atoms with Crippen LogP contribution in [0.4, 0.5) is 17.1 Å². The van der Waals surface area contributed by atoms with E-state index in [4.69, 9.17) is 9.47 Å². The summed E-state index contributed by atoms with van der Waals surface area (Å²) in [6.45, 7) is 0. The van der Waals surface area contributed by atoms with Crippen LogP contribution in [0.25, 0.3) is 60.9 Å². The van der Waals surface area contributed by atoms with E-state index in [2.05, 4.69) is 234 Å². The van der Waals surface area contributed by atoms with Gasteiger partial charge in [0.2, 0.25) is 0 Å². The van der Waals surface area contributed by atoms with Crippen LogP contribution < -0.4 is 14.4 Å². The van der Waals surface area contributed by atoms with E-state index in [-0.39, 0.29) is 0 Å². The molecular formula is C61H38N2O2. The van der Waals surface area contributed by atoms with Crippen LogP contribution in [0.2, 0.25) is 0 Å². The standard InChI is InChI=1S/C61H38N2O2/c1-2-16-41(17-3-1)62(43-18-14-15-40(37-43)39-29-31-42(32-30-39)63-54-27-12-7-21-47(54)48-22-8-13-28-55(48)63)44-33-35-56-58(38-44)65-60-57(64-56)36-34-53-59(60)49-23-6-11-26-52(49)61(53)50-24-9-4-19-45(50)46-20-5-10-25-51(46)61/h1-38H. The summed E-state index contributed by atoms with van der Waals surface area (Å²) < 4.78 is 16.3. The Balaban J connectivity index is 0.859. The van der Waals surface area contributed by atoms with Crippen molar-refractivity contribution >= 4 is 38.9 Å². The molecule has 4 nitrogen and oxygen atoms in total. The molecule has 1 aliphatic heterocycles. The molecule has 0 N–H and O–H groups in total. The van der Waals surface area contributed by atoms with E-state index in [1.165, 1.54) is 60.8 Å². The van der Waals surface area contributed by atoms with Gasteiger partial charge in [0, 0.05) is 39.5 Å². The maximum atomic E-state index is 7.15. The van der Waals surface area contributed by atoms with Gasteiger partial charge in [0.05, 0.1) is 22.1 Å². The number of para-hydroxylation sites is 3. The largest absolute Gasteiger partial charge is 0.449 e. The maximum Gasteiger partial charge on any atom is 0.178 e. The van der Waals surface area contributed by atoms with Crippen molar-refractivity contribution in [2.45, 2.75) is 5.41 Å². The van der Waals surface area contributed by atoms with Crippen LogP contribution in [-0.4, -0.2) is 4.57 Å².